The number of rotatable bonds is 0. The lowest BCUT2D eigenvalue weighted by Gasteiger charge is -2.31. The molecule has 1 aliphatic heterocycles. The largest absolute Gasteiger partial charge is 0.314 e. The topological polar surface area (TPSA) is 12.0 Å². The molecule has 0 spiro atoms. The van der Waals surface area contributed by atoms with Gasteiger partial charge in [-0.15, -0.1) is 0 Å². The summed E-state index contributed by atoms with van der Waals surface area (Å²) in [6.45, 7) is 13.0. The molecule has 1 aliphatic rings. The molecule has 1 saturated heterocycles. The van der Waals surface area contributed by atoms with Crippen molar-refractivity contribution in [1.82, 2.24) is 5.32 Å². The second-order valence-corrected chi connectivity index (χ2v) is 5.99. The Morgan fingerprint density at radius 1 is 1.08 bits per heavy atom. The third kappa shape index (κ3) is 2.78. The summed E-state index contributed by atoms with van der Waals surface area (Å²) in [5.74, 6) is 0. The number of hydrogen-bond donors (Lipinski definition) is 1. The molecule has 0 aromatic carbocycles. The summed E-state index contributed by atoms with van der Waals surface area (Å²) in [6, 6.07) is 0.682. The standard InChI is InChI=1S/C11H23N/c1-9-6-10(2,3)7-11(4,5)8-12-9/h9,12H,6-8H2,1-5H3/t9-/m0/s1. The van der Waals surface area contributed by atoms with Gasteiger partial charge in [-0.05, 0) is 30.6 Å². The molecular weight excluding hydrogens is 146 g/mol. The van der Waals surface area contributed by atoms with E-state index < -0.39 is 0 Å². The van der Waals surface area contributed by atoms with Gasteiger partial charge in [-0.2, -0.15) is 0 Å². The van der Waals surface area contributed by atoms with Crippen molar-refractivity contribution in [3.05, 3.63) is 0 Å². The van der Waals surface area contributed by atoms with E-state index in [0.717, 1.165) is 6.54 Å². The molecule has 1 heterocycles. The van der Waals surface area contributed by atoms with Crippen LogP contribution in [-0.4, -0.2) is 12.6 Å². The minimum atomic E-state index is 0.467. The SMILES string of the molecule is C[C@H]1CC(C)(C)CC(C)(C)CN1. The average Bonchev–Trinajstić information content (AvgIpc) is 1.86. The number of hydrogen-bond acceptors (Lipinski definition) is 1. The Morgan fingerprint density at radius 3 is 2.25 bits per heavy atom. The van der Waals surface area contributed by atoms with E-state index >= 15 is 0 Å². The van der Waals surface area contributed by atoms with Crippen LogP contribution in [-0.2, 0) is 0 Å². The molecule has 1 fully saturated rings. The number of nitrogens with one attached hydrogen (secondary N) is 1. The first-order valence-corrected chi connectivity index (χ1v) is 5.04. The van der Waals surface area contributed by atoms with Crippen molar-refractivity contribution in [2.75, 3.05) is 6.54 Å². The molecular formula is C11H23N. The molecule has 1 rings (SSSR count). The monoisotopic (exact) mass is 169 g/mol. The van der Waals surface area contributed by atoms with Gasteiger partial charge in [-0.1, -0.05) is 27.7 Å². The molecule has 0 aromatic heterocycles. The zero-order chi connectivity index (χ0) is 9.41. The molecule has 1 N–H and O–H groups in total. The fourth-order valence-corrected chi connectivity index (χ4v) is 2.78. The first kappa shape index (κ1) is 10.0. The van der Waals surface area contributed by atoms with Crippen LogP contribution in [0.2, 0.25) is 0 Å². The van der Waals surface area contributed by atoms with Crippen LogP contribution in [0, 0.1) is 10.8 Å². The molecule has 12 heavy (non-hydrogen) atoms. The van der Waals surface area contributed by atoms with Crippen LogP contribution in [0.25, 0.3) is 0 Å². The molecule has 0 aromatic rings. The van der Waals surface area contributed by atoms with Crippen LogP contribution in [0.5, 0.6) is 0 Å². The molecule has 0 bridgehead atoms. The first-order chi connectivity index (χ1) is 5.31. The lowest BCUT2D eigenvalue weighted by atomic mass is 9.74. The zero-order valence-electron chi connectivity index (χ0n) is 9.20. The molecule has 0 saturated carbocycles. The van der Waals surface area contributed by atoms with Gasteiger partial charge in [0, 0.05) is 12.6 Å². The second-order valence-electron chi connectivity index (χ2n) is 5.99. The summed E-state index contributed by atoms with van der Waals surface area (Å²) in [5, 5.41) is 3.59. The Balaban J connectivity index is 2.69. The zero-order valence-corrected chi connectivity index (χ0v) is 9.20. The quantitative estimate of drug-likeness (QED) is 0.588. The van der Waals surface area contributed by atoms with Gasteiger partial charge in [0.2, 0.25) is 0 Å². The van der Waals surface area contributed by atoms with E-state index in [1.54, 1.807) is 0 Å². The van der Waals surface area contributed by atoms with E-state index in [4.69, 9.17) is 0 Å². The summed E-state index contributed by atoms with van der Waals surface area (Å²) < 4.78 is 0. The van der Waals surface area contributed by atoms with E-state index in [1.165, 1.54) is 12.8 Å². The van der Waals surface area contributed by atoms with Gasteiger partial charge in [0.05, 0.1) is 0 Å². The normalized spacial score (nSPS) is 34.2. The Labute approximate surface area is 76.9 Å². The lowest BCUT2D eigenvalue weighted by molar-refractivity contribution is 0.210. The third-order valence-corrected chi connectivity index (χ3v) is 2.74. The molecule has 72 valence electrons. The van der Waals surface area contributed by atoms with Crippen LogP contribution >= 0.6 is 0 Å². The van der Waals surface area contributed by atoms with E-state index in [1.807, 2.05) is 0 Å². The van der Waals surface area contributed by atoms with Gasteiger partial charge in [0.25, 0.3) is 0 Å². The van der Waals surface area contributed by atoms with Gasteiger partial charge in [-0.3, -0.25) is 0 Å². The molecule has 1 nitrogen and oxygen atoms in total. The maximum atomic E-state index is 3.59. The van der Waals surface area contributed by atoms with Crippen molar-refractivity contribution < 1.29 is 0 Å². The van der Waals surface area contributed by atoms with Crippen molar-refractivity contribution in [2.45, 2.75) is 53.5 Å². The maximum absolute atomic E-state index is 3.59. The minimum absolute atomic E-state index is 0.467. The first-order valence-electron chi connectivity index (χ1n) is 5.04. The summed E-state index contributed by atoms with van der Waals surface area (Å²) in [7, 11) is 0. The predicted molar refractivity (Wildman–Crippen MR) is 54.3 cm³/mol. The summed E-state index contributed by atoms with van der Waals surface area (Å²) in [6.07, 6.45) is 2.63. The highest BCUT2D eigenvalue weighted by molar-refractivity contribution is 4.87. The van der Waals surface area contributed by atoms with Crippen molar-refractivity contribution >= 4 is 0 Å². The average molecular weight is 169 g/mol. The van der Waals surface area contributed by atoms with E-state index in [-0.39, 0.29) is 0 Å². The summed E-state index contributed by atoms with van der Waals surface area (Å²) >= 11 is 0. The maximum Gasteiger partial charge on any atom is 0.00440 e. The van der Waals surface area contributed by atoms with Crippen molar-refractivity contribution in [3.8, 4) is 0 Å². The fraction of sp³-hybridized carbons (Fsp3) is 1.00. The summed E-state index contributed by atoms with van der Waals surface area (Å²) in [4.78, 5) is 0. The molecule has 0 unspecified atom stereocenters. The van der Waals surface area contributed by atoms with Gasteiger partial charge in [0.1, 0.15) is 0 Å². The van der Waals surface area contributed by atoms with E-state index in [2.05, 4.69) is 39.9 Å². The molecule has 1 atom stereocenters. The van der Waals surface area contributed by atoms with Crippen LogP contribution in [0.4, 0.5) is 0 Å². The Kier molecular flexibility index (Phi) is 2.53. The second kappa shape index (κ2) is 3.02. The summed E-state index contributed by atoms with van der Waals surface area (Å²) in [5.41, 5.74) is 0.973. The molecule has 0 amide bonds. The molecule has 0 radical (unpaired) electrons. The molecule has 1 heteroatoms. The molecule has 0 aliphatic carbocycles. The van der Waals surface area contributed by atoms with Crippen LogP contribution < -0.4 is 5.32 Å². The van der Waals surface area contributed by atoms with Crippen molar-refractivity contribution in [3.63, 3.8) is 0 Å². The smallest absolute Gasteiger partial charge is 0.00440 e. The van der Waals surface area contributed by atoms with Gasteiger partial charge in [0.15, 0.2) is 0 Å². The highest BCUT2D eigenvalue weighted by Crippen LogP contribution is 2.38. The minimum Gasteiger partial charge on any atom is -0.314 e. The third-order valence-electron chi connectivity index (χ3n) is 2.74. The van der Waals surface area contributed by atoms with Crippen LogP contribution in [0.1, 0.15) is 47.5 Å². The highest BCUT2D eigenvalue weighted by atomic mass is 14.9. The predicted octanol–water partition coefficient (Wildman–Crippen LogP) is 2.81. The highest BCUT2D eigenvalue weighted by Gasteiger charge is 2.33. The van der Waals surface area contributed by atoms with E-state index in [0.29, 0.717) is 16.9 Å². The van der Waals surface area contributed by atoms with Crippen molar-refractivity contribution in [2.24, 2.45) is 10.8 Å². The Morgan fingerprint density at radius 2 is 1.67 bits per heavy atom. The van der Waals surface area contributed by atoms with E-state index in [9.17, 15) is 0 Å². The Bertz CT molecular complexity index is 158. The van der Waals surface area contributed by atoms with Gasteiger partial charge in [-0.25, -0.2) is 0 Å². The van der Waals surface area contributed by atoms with Crippen molar-refractivity contribution in [1.29, 1.82) is 0 Å². The van der Waals surface area contributed by atoms with Gasteiger partial charge < -0.3 is 5.32 Å². The van der Waals surface area contributed by atoms with Gasteiger partial charge >= 0.3 is 0 Å². The van der Waals surface area contributed by atoms with Crippen LogP contribution in [0.3, 0.4) is 0 Å². The Hall–Kier alpha value is -0.0400. The fourth-order valence-electron chi connectivity index (χ4n) is 2.78. The van der Waals surface area contributed by atoms with Crippen LogP contribution in [0.15, 0.2) is 0 Å². The lowest BCUT2D eigenvalue weighted by Crippen LogP contribution is -2.31.